The lowest BCUT2D eigenvalue weighted by molar-refractivity contribution is -0.271. The molecule has 16 N–H and O–H groups in total. The second-order valence-electron chi connectivity index (χ2n) is 28.2. The summed E-state index contributed by atoms with van der Waals surface area (Å²) in [6.07, 6.45) is -24.0. The zero-order valence-electron chi connectivity index (χ0n) is 63.4. The summed E-state index contributed by atoms with van der Waals surface area (Å²) in [4.78, 5) is 141. The van der Waals surface area contributed by atoms with Crippen LogP contribution in [0.25, 0.3) is 0 Å². The Labute approximate surface area is 666 Å². The lowest BCUT2D eigenvalue weighted by Crippen LogP contribution is -2.61. The zero-order chi connectivity index (χ0) is 84.5. The van der Waals surface area contributed by atoms with Crippen molar-refractivity contribution in [3.63, 3.8) is 0 Å². The molecule has 0 radical (unpaired) electrons. The largest absolute Gasteiger partial charge is 0.493 e. The van der Waals surface area contributed by atoms with Crippen LogP contribution in [0.3, 0.4) is 0 Å². The van der Waals surface area contributed by atoms with Crippen LogP contribution < -0.4 is 59.9 Å². The summed E-state index contributed by atoms with van der Waals surface area (Å²) in [6.45, 7) is 6.36. The zero-order valence-corrected chi connectivity index (χ0v) is 63.4. The third kappa shape index (κ3) is 18.7. The topological polar surface area (TPSA) is 573 Å². The Morgan fingerprint density at radius 1 is 0.538 bits per heavy atom. The van der Waals surface area contributed by atoms with Crippen LogP contribution in [-0.2, 0) is 56.1 Å². The summed E-state index contributed by atoms with van der Waals surface area (Å²) in [6, 6.07) is 9.57. The molecule has 41 heteroatoms. The van der Waals surface area contributed by atoms with Crippen molar-refractivity contribution in [2.45, 2.75) is 150 Å². The van der Waals surface area contributed by atoms with Crippen molar-refractivity contribution in [2.24, 2.45) is 5.73 Å². The summed E-state index contributed by atoms with van der Waals surface area (Å²) in [7, 11) is 4.04. The van der Waals surface area contributed by atoms with Gasteiger partial charge in [-0.1, -0.05) is 36.4 Å². The smallest absolute Gasteiger partial charge is 0.416 e. The number of aliphatic carboxylic acids is 2. The number of aliphatic hydroxyl groups is 9. The summed E-state index contributed by atoms with van der Waals surface area (Å²) in [5, 5.41) is 125. The summed E-state index contributed by atoms with van der Waals surface area (Å²) in [5.41, 5.74) is 6.07. The van der Waals surface area contributed by atoms with Crippen LogP contribution in [0.4, 0.5) is 21.0 Å². The Balaban J connectivity index is 0.764. The second-order valence-corrected chi connectivity index (χ2v) is 28.2. The van der Waals surface area contributed by atoms with Gasteiger partial charge in [0.15, 0.2) is 47.7 Å². The highest BCUT2D eigenvalue weighted by atomic mass is 16.7. The molecule has 4 aromatic carbocycles. The molecule has 11 rings (SSSR count). The van der Waals surface area contributed by atoms with E-state index in [1.165, 1.54) is 97.9 Å². The molecule has 4 aromatic rings. The first-order valence-corrected chi connectivity index (χ1v) is 37.0. The fourth-order valence-corrected chi connectivity index (χ4v) is 14.2. The van der Waals surface area contributed by atoms with Crippen molar-refractivity contribution in [3.05, 3.63) is 131 Å². The quantitative estimate of drug-likeness (QED) is 0.0186. The molecule has 0 aliphatic carbocycles. The number of carbonyl (C=O) groups is 10. The number of aliphatic hydroxyl groups excluding tert-OH is 9. The van der Waals surface area contributed by atoms with Gasteiger partial charge in [-0.3, -0.25) is 33.7 Å². The van der Waals surface area contributed by atoms with Gasteiger partial charge in [0.05, 0.1) is 79.8 Å². The fourth-order valence-electron chi connectivity index (χ4n) is 14.2. The van der Waals surface area contributed by atoms with Gasteiger partial charge in [0.25, 0.3) is 23.6 Å². The normalized spacial score (nSPS) is 25.6. The Morgan fingerprint density at radius 3 is 1.39 bits per heavy atom. The van der Waals surface area contributed by atoms with E-state index >= 15 is 0 Å². The van der Waals surface area contributed by atoms with Crippen molar-refractivity contribution in [1.82, 2.24) is 30.7 Å². The molecule has 0 saturated carbocycles. The van der Waals surface area contributed by atoms with Crippen LogP contribution in [-0.4, -0.2) is 309 Å². The van der Waals surface area contributed by atoms with E-state index < -0.39 is 171 Å². The van der Waals surface area contributed by atoms with E-state index in [1.807, 2.05) is 0 Å². The highest BCUT2D eigenvalue weighted by Gasteiger charge is 2.52. The van der Waals surface area contributed by atoms with Gasteiger partial charge in [-0.15, -0.1) is 0 Å². The lowest BCUT2D eigenvalue weighted by Gasteiger charge is -2.38. The molecule has 41 nitrogen and oxygen atoms in total. The monoisotopic (exact) mass is 1640 g/mol. The standard InChI is InChI=1S/C76H91N9O32/c1-35-22-45-69(99)84(75(105)112-33-37-10-12-48(114-73-60(92)56(88)58(90)62(116-73)71(101)102)41(24-37)64(94)78-16-9-17-79-66(96)47(30-77)83-54(86)14-15-55(83)87)43-28-52(50(108-4)26-39(43)67(97)81(45)31-35)110-19-7-6-8-20-111-53-29-44-40(27-51(53)109-5)68(98)82-32-36(2)23-46(82)70(100)85(44)76(106)113-34-38-11-13-49(42(25-38)65(95)80-18-21-107-3)115-74-61(93)57(89)59(91)63(117-74)72(103)104/h10-15,24-29,45-47,54,56-63,69-70,73-74,86,88-93,99-100H,1-2,6-9,16-23,30-34,77H2,3-5H3,(H,78,94)(H,79,96)(H,80,95)(H,101,102)(H,103,104)/t45-,46-,47-,54?,56-,57-,58-,59-,60+,61+,62-,63-,69?,70?,73+,74+/m0/s1. The number of nitrogens with zero attached hydrogens (tertiary/aromatic N) is 5. The number of hydrogen-bond acceptors (Lipinski definition) is 31. The first-order valence-electron chi connectivity index (χ1n) is 37.0. The predicted octanol–water partition coefficient (Wildman–Crippen LogP) is -1.98. The van der Waals surface area contributed by atoms with E-state index in [0.717, 1.165) is 20.8 Å². The molecular weight excluding hydrogens is 1550 g/mol. The third-order valence-corrected chi connectivity index (χ3v) is 20.3. The number of hydrogen-bond donors (Lipinski definition) is 15. The number of anilines is 2. The van der Waals surface area contributed by atoms with E-state index in [9.17, 15) is 104 Å². The maximum absolute atomic E-state index is 14.7. The van der Waals surface area contributed by atoms with Crippen LogP contribution in [0.2, 0.25) is 0 Å². The van der Waals surface area contributed by atoms with Gasteiger partial charge in [0, 0.05) is 64.6 Å². The van der Waals surface area contributed by atoms with Gasteiger partial charge in [-0.05, 0) is 92.1 Å². The van der Waals surface area contributed by atoms with E-state index in [2.05, 4.69) is 29.1 Å². The SMILES string of the molecule is C=C1C[C@H]2C(O)N(C(=O)OCc3ccc(O[C@@H]4O[C@H](C(=O)O)[C@@H](O)[C@H](O)[C@H]4O)c(C(=O)NCCCNC(=O)[C@H](CN)N4C(=O)C=CC4O)c3)c3cc(OCCCCCOc4cc5c(cc4OC)C(=O)N4CC(=C)C[C@H]4C(O)N5C(=O)OCc4ccc(O[C@@H]5O[C@H](C(=O)O)[C@@H](O)[C@H](O)[C@H]5O)c(C(=O)NCCOC)c4)c(OC)cc3C(=O)N2C1. The lowest BCUT2D eigenvalue weighted by atomic mass is 9.99. The van der Waals surface area contributed by atoms with Crippen molar-refractivity contribution in [2.75, 3.05) is 90.2 Å². The molecule has 7 aliphatic rings. The molecule has 7 heterocycles. The number of carboxylic acid groups (broad SMARTS) is 2. The van der Waals surface area contributed by atoms with Gasteiger partial charge in [-0.2, -0.15) is 0 Å². The average molecular weight is 1640 g/mol. The van der Waals surface area contributed by atoms with Crippen molar-refractivity contribution in [3.8, 4) is 34.5 Å². The van der Waals surface area contributed by atoms with E-state index in [1.54, 1.807) is 0 Å². The van der Waals surface area contributed by atoms with Gasteiger partial charge in [-0.25, -0.2) is 29.0 Å². The molecule has 0 bridgehead atoms. The average Bonchev–Trinajstić information content (AvgIpc) is 1.62. The minimum atomic E-state index is -2.10. The molecule has 8 amide bonds. The van der Waals surface area contributed by atoms with Crippen LogP contribution in [0.1, 0.15) is 91.1 Å². The minimum absolute atomic E-state index is 0.00212. The van der Waals surface area contributed by atoms with Crippen LogP contribution >= 0.6 is 0 Å². The Morgan fingerprint density at radius 2 is 0.983 bits per heavy atom. The summed E-state index contributed by atoms with van der Waals surface area (Å²) in [5.74, 6) is -8.08. The summed E-state index contributed by atoms with van der Waals surface area (Å²) >= 11 is 0. The van der Waals surface area contributed by atoms with Crippen molar-refractivity contribution >= 4 is 70.9 Å². The molecular formula is C76H91N9O32. The highest BCUT2D eigenvalue weighted by molar-refractivity contribution is 6.08. The number of fused-ring (bicyclic) bond motifs is 4. The van der Waals surface area contributed by atoms with Gasteiger partial charge in [0.2, 0.25) is 24.4 Å². The summed E-state index contributed by atoms with van der Waals surface area (Å²) < 4.78 is 62.8. The minimum Gasteiger partial charge on any atom is -0.493 e. The number of methoxy groups -OCH3 is 3. The Hall–Kier alpha value is -11.3. The molecule has 16 atom stereocenters. The van der Waals surface area contributed by atoms with E-state index in [4.69, 9.17) is 57.8 Å². The van der Waals surface area contributed by atoms with Crippen LogP contribution in [0.15, 0.2) is 97.1 Å². The second kappa shape index (κ2) is 37.7. The first kappa shape index (κ1) is 86.5. The molecule has 117 heavy (non-hydrogen) atoms. The molecule has 3 unspecified atom stereocenters. The fraction of sp³-hybridized carbons (Fsp3) is 0.474. The Bertz CT molecular complexity index is 4490. The molecule has 0 aromatic heterocycles. The molecule has 4 fully saturated rings. The molecule has 0 spiro atoms. The number of nitrogens with two attached hydrogens (primary N) is 1. The first-order chi connectivity index (χ1) is 55.9. The maximum Gasteiger partial charge on any atom is 0.416 e. The van der Waals surface area contributed by atoms with E-state index in [0.29, 0.717) is 30.4 Å². The van der Waals surface area contributed by atoms with Crippen LogP contribution in [0, 0.1) is 0 Å². The third-order valence-electron chi connectivity index (χ3n) is 20.3. The van der Waals surface area contributed by atoms with Crippen LogP contribution in [0.5, 0.6) is 34.5 Å². The molecule has 7 aliphatic heterocycles. The van der Waals surface area contributed by atoms with Gasteiger partial charge < -0.3 is 140 Å². The number of ether oxygens (including phenoxy) is 11. The number of rotatable bonds is 32. The number of benzene rings is 4. The predicted molar refractivity (Wildman–Crippen MR) is 397 cm³/mol. The number of amides is 8. The highest BCUT2D eigenvalue weighted by Crippen LogP contribution is 2.45. The van der Waals surface area contributed by atoms with Crippen molar-refractivity contribution < 1.29 is 156 Å². The van der Waals surface area contributed by atoms with Gasteiger partial charge >= 0.3 is 24.1 Å². The van der Waals surface area contributed by atoms with Crippen molar-refractivity contribution in [1.29, 1.82) is 0 Å². The van der Waals surface area contributed by atoms with Gasteiger partial charge in [0.1, 0.15) is 73.6 Å². The Kier molecular flexibility index (Phi) is 27.9. The molecule has 4 saturated heterocycles. The molecule has 632 valence electrons. The number of nitrogens with one attached hydrogen (secondary N) is 3. The number of carbonyl (C=O) groups excluding carboxylic acids is 8. The number of carboxylic acids is 2. The van der Waals surface area contributed by atoms with E-state index in [-0.39, 0.29) is 158 Å². The number of unbranched alkanes of at least 4 members (excludes halogenated alkanes) is 2. The maximum atomic E-state index is 14.7.